The second-order valence-corrected chi connectivity index (χ2v) is 3.32. The van der Waals surface area contributed by atoms with Gasteiger partial charge >= 0.3 is 0 Å². The van der Waals surface area contributed by atoms with E-state index in [4.69, 9.17) is 5.26 Å². The molecule has 0 radical (unpaired) electrons. The summed E-state index contributed by atoms with van der Waals surface area (Å²) >= 11 is 0. The van der Waals surface area contributed by atoms with E-state index in [-0.39, 0.29) is 6.04 Å². The first-order valence-corrected chi connectivity index (χ1v) is 4.76. The van der Waals surface area contributed by atoms with E-state index in [1.807, 2.05) is 26.1 Å². The molecule has 74 valence electrons. The van der Waals surface area contributed by atoms with Gasteiger partial charge in [-0.15, -0.1) is 0 Å². The van der Waals surface area contributed by atoms with Crippen LogP contribution >= 0.6 is 0 Å². The van der Waals surface area contributed by atoms with Gasteiger partial charge in [0, 0.05) is 18.9 Å². The molecule has 0 aliphatic heterocycles. The number of aromatic nitrogens is 1. The highest BCUT2D eigenvalue weighted by Gasteiger charge is 2.10. The van der Waals surface area contributed by atoms with Crippen molar-refractivity contribution in [2.45, 2.75) is 25.9 Å². The van der Waals surface area contributed by atoms with Crippen LogP contribution < -0.4 is 0 Å². The SMILES string of the molecule is CCC(C#N)N(C)Cc1ccncc1. The van der Waals surface area contributed by atoms with Crippen molar-refractivity contribution in [3.05, 3.63) is 30.1 Å². The largest absolute Gasteiger partial charge is 0.287 e. The molecule has 1 atom stereocenters. The second-order valence-electron chi connectivity index (χ2n) is 3.32. The molecule has 0 amide bonds. The second kappa shape index (κ2) is 5.36. The lowest BCUT2D eigenvalue weighted by Crippen LogP contribution is -2.29. The third-order valence-electron chi connectivity index (χ3n) is 2.25. The fraction of sp³-hybridized carbons (Fsp3) is 0.455. The maximum absolute atomic E-state index is 8.87. The minimum atomic E-state index is 0.00293. The molecule has 0 saturated heterocycles. The number of nitriles is 1. The molecule has 0 aliphatic carbocycles. The van der Waals surface area contributed by atoms with Gasteiger partial charge in [0.25, 0.3) is 0 Å². The quantitative estimate of drug-likeness (QED) is 0.725. The van der Waals surface area contributed by atoms with Crippen molar-refractivity contribution in [1.29, 1.82) is 5.26 Å². The van der Waals surface area contributed by atoms with Crippen LogP contribution in [0.15, 0.2) is 24.5 Å². The minimum absolute atomic E-state index is 0.00293. The molecule has 0 saturated carbocycles. The van der Waals surface area contributed by atoms with E-state index in [0.717, 1.165) is 13.0 Å². The van der Waals surface area contributed by atoms with E-state index < -0.39 is 0 Å². The maximum atomic E-state index is 8.87. The minimum Gasteiger partial charge on any atom is -0.287 e. The summed E-state index contributed by atoms with van der Waals surface area (Å²) in [6, 6.07) is 6.23. The predicted octanol–water partition coefficient (Wildman–Crippen LogP) is 1.82. The Bertz CT molecular complexity index is 302. The lowest BCUT2D eigenvalue weighted by Gasteiger charge is -2.20. The molecule has 3 nitrogen and oxygen atoms in total. The van der Waals surface area contributed by atoms with Crippen LogP contribution in [0.5, 0.6) is 0 Å². The normalized spacial score (nSPS) is 12.4. The van der Waals surface area contributed by atoms with Crippen LogP contribution in [0.1, 0.15) is 18.9 Å². The highest BCUT2D eigenvalue weighted by molar-refractivity contribution is 5.10. The van der Waals surface area contributed by atoms with Gasteiger partial charge in [-0.05, 0) is 31.2 Å². The molecular weight excluding hydrogens is 174 g/mol. The van der Waals surface area contributed by atoms with Crippen molar-refractivity contribution < 1.29 is 0 Å². The number of pyridine rings is 1. The zero-order chi connectivity index (χ0) is 10.4. The van der Waals surface area contributed by atoms with E-state index in [1.165, 1.54) is 5.56 Å². The molecule has 0 bridgehead atoms. The molecule has 14 heavy (non-hydrogen) atoms. The third-order valence-corrected chi connectivity index (χ3v) is 2.25. The Morgan fingerprint density at radius 1 is 1.50 bits per heavy atom. The number of rotatable bonds is 4. The van der Waals surface area contributed by atoms with Crippen molar-refractivity contribution in [2.75, 3.05) is 7.05 Å². The van der Waals surface area contributed by atoms with Gasteiger partial charge < -0.3 is 0 Å². The Morgan fingerprint density at radius 2 is 2.14 bits per heavy atom. The molecular formula is C11H15N3. The Hall–Kier alpha value is -1.40. The van der Waals surface area contributed by atoms with E-state index in [9.17, 15) is 0 Å². The molecule has 0 fully saturated rings. The van der Waals surface area contributed by atoms with Gasteiger partial charge in [0.2, 0.25) is 0 Å². The Morgan fingerprint density at radius 3 is 2.64 bits per heavy atom. The van der Waals surface area contributed by atoms with E-state index in [1.54, 1.807) is 12.4 Å². The fourth-order valence-electron chi connectivity index (χ4n) is 1.39. The Labute approximate surface area is 85.0 Å². The van der Waals surface area contributed by atoms with Gasteiger partial charge in [0.05, 0.1) is 12.1 Å². The smallest absolute Gasteiger partial charge is 0.0975 e. The lowest BCUT2D eigenvalue weighted by atomic mass is 10.2. The molecule has 0 spiro atoms. The first-order valence-electron chi connectivity index (χ1n) is 4.76. The van der Waals surface area contributed by atoms with Crippen LogP contribution in [0.25, 0.3) is 0 Å². The van der Waals surface area contributed by atoms with E-state index >= 15 is 0 Å². The summed E-state index contributed by atoms with van der Waals surface area (Å²) in [5.74, 6) is 0. The molecule has 1 aromatic rings. The van der Waals surface area contributed by atoms with Gasteiger partial charge in [0.15, 0.2) is 0 Å². The van der Waals surface area contributed by atoms with Crippen molar-refractivity contribution in [3.8, 4) is 6.07 Å². The lowest BCUT2D eigenvalue weighted by molar-refractivity contribution is 0.273. The van der Waals surface area contributed by atoms with Crippen LogP contribution in [0.3, 0.4) is 0 Å². The number of hydrogen-bond donors (Lipinski definition) is 0. The molecule has 1 aromatic heterocycles. The zero-order valence-electron chi connectivity index (χ0n) is 8.64. The Balaban J connectivity index is 2.57. The van der Waals surface area contributed by atoms with Crippen LogP contribution in [-0.2, 0) is 6.54 Å². The fourth-order valence-corrected chi connectivity index (χ4v) is 1.39. The van der Waals surface area contributed by atoms with Crippen LogP contribution in [0.2, 0.25) is 0 Å². The Kier molecular flexibility index (Phi) is 4.09. The first-order chi connectivity index (χ1) is 6.77. The van der Waals surface area contributed by atoms with Crippen molar-refractivity contribution in [3.63, 3.8) is 0 Å². The van der Waals surface area contributed by atoms with Crippen molar-refractivity contribution >= 4 is 0 Å². The molecule has 1 rings (SSSR count). The monoisotopic (exact) mass is 189 g/mol. The molecule has 1 unspecified atom stereocenters. The van der Waals surface area contributed by atoms with Gasteiger partial charge in [-0.1, -0.05) is 6.92 Å². The van der Waals surface area contributed by atoms with Gasteiger partial charge in [0.1, 0.15) is 0 Å². The van der Waals surface area contributed by atoms with Gasteiger partial charge in [-0.2, -0.15) is 5.26 Å². The van der Waals surface area contributed by atoms with E-state index in [2.05, 4.69) is 16.0 Å². The zero-order valence-corrected chi connectivity index (χ0v) is 8.64. The summed E-state index contributed by atoms with van der Waals surface area (Å²) in [5, 5.41) is 8.87. The summed E-state index contributed by atoms with van der Waals surface area (Å²) in [6.45, 7) is 2.82. The predicted molar refractivity (Wildman–Crippen MR) is 55.4 cm³/mol. The summed E-state index contributed by atoms with van der Waals surface area (Å²) in [5.41, 5.74) is 1.19. The molecule has 1 heterocycles. The summed E-state index contributed by atoms with van der Waals surface area (Å²) < 4.78 is 0. The summed E-state index contributed by atoms with van der Waals surface area (Å²) in [7, 11) is 1.97. The topological polar surface area (TPSA) is 39.9 Å². The number of nitrogens with zero attached hydrogens (tertiary/aromatic N) is 3. The van der Waals surface area contributed by atoms with Crippen LogP contribution in [-0.4, -0.2) is 23.0 Å². The van der Waals surface area contributed by atoms with Gasteiger partial charge in [-0.3, -0.25) is 9.88 Å². The maximum Gasteiger partial charge on any atom is 0.0975 e. The van der Waals surface area contributed by atoms with Crippen molar-refractivity contribution in [2.24, 2.45) is 0 Å². The first kappa shape index (κ1) is 10.7. The third kappa shape index (κ3) is 2.82. The molecule has 3 heteroatoms. The highest BCUT2D eigenvalue weighted by atomic mass is 15.1. The molecule has 0 aliphatic rings. The molecule has 0 N–H and O–H groups in total. The average molecular weight is 189 g/mol. The van der Waals surface area contributed by atoms with Crippen LogP contribution in [0, 0.1) is 11.3 Å². The summed E-state index contributed by atoms with van der Waals surface area (Å²) in [6.07, 6.45) is 4.41. The standard InChI is InChI=1S/C11H15N3/c1-3-11(8-12)14(2)9-10-4-6-13-7-5-10/h4-7,11H,3,9H2,1-2H3. The van der Waals surface area contributed by atoms with Crippen LogP contribution in [0.4, 0.5) is 0 Å². The molecule has 0 aromatic carbocycles. The highest BCUT2D eigenvalue weighted by Crippen LogP contribution is 2.06. The van der Waals surface area contributed by atoms with Gasteiger partial charge in [-0.25, -0.2) is 0 Å². The summed E-state index contributed by atoms with van der Waals surface area (Å²) in [4.78, 5) is 6.01. The number of hydrogen-bond acceptors (Lipinski definition) is 3. The average Bonchev–Trinajstić information content (AvgIpc) is 2.21. The van der Waals surface area contributed by atoms with Crippen molar-refractivity contribution in [1.82, 2.24) is 9.88 Å². The van der Waals surface area contributed by atoms with E-state index in [0.29, 0.717) is 0 Å².